The summed E-state index contributed by atoms with van der Waals surface area (Å²) in [5, 5.41) is 2.63. The normalized spacial score (nSPS) is 11.2. The summed E-state index contributed by atoms with van der Waals surface area (Å²) in [5.74, 6) is -0.552. The number of hydrogen-bond donors (Lipinski definition) is 1. The molecule has 3 aromatic rings. The fraction of sp³-hybridized carbons (Fsp3) is 0.167. The molecule has 6 heteroatoms. The van der Waals surface area contributed by atoms with Crippen LogP contribution in [0.3, 0.4) is 0 Å². The lowest BCUT2D eigenvalue weighted by Crippen LogP contribution is -2.48. The summed E-state index contributed by atoms with van der Waals surface area (Å²) in [7, 11) is 1.29. The molecular weight excluding hydrogens is 380 g/mol. The van der Waals surface area contributed by atoms with E-state index in [9.17, 15) is 9.59 Å². The molecule has 0 aliphatic rings. The Hall–Kier alpha value is -3.80. The fourth-order valence-electron chi connectivity index (χ4n) is 2.99. The van der Waals surface area contributed by atoms with E-state index in [0.29, 0.717) is 0 Å². The highest BCUT2D eigenvalue weighted by atomic mass is 16.6. The molecule has 6 nitrogen and oxygen atoms in total. The SMILES string of the molecule is COC(=O)[C@H](CN(c1ccccc1)c1ccccc1)NC(=O)OCc1ccccc1. The second-order valence-electron chi connectivity index (χ2n) is 6.56. The van der Waals surface area contributed by atoms with Crippen LogP contribution in [0.5, 0.6) is 0 Å². The van der Waals surface area contributed by atoms with Gasteiger partial charge in [-0.05, 0) is 29.8 Å². The molecule has 1 N–H and O–H groups in total. The first kappa shape index (κ1) is 20.9. The average Bonchev–Trinajstić information content (AvgIpc) is 2.81. The Balaban J connectivity index is 1.74. The number of para-hydroxylation sites is 2. The molecule has 0 saturated carbocycles. The van der Waals surface area contributed by atoms with E-state index in [4.69, 9.17) is 9.47 Å². The second kappa shape index (κ2) is 10.7. The van der Waals surface area contributed by atoms with Gasteiger partial charge in [0.2, 0.25) is 0 Å². The molecule has 1 atom stereocenters. The summed E-state index contributed by atoms with van der Waals surface area (Å²) in [6, 6.07) is 27.7. The van der Waals surface area contributed by atoms with Gasteiger partial charge in [0.1, 0.15) is 12.6 Å². The van der Waals surface area contributed by atoms with Crippen molar-refractivity contribution in [3.63, 3.8) is 0 Å². The highest BCUT2D eigenvalue weighted by Gasteiger charge is 2.26. The van der Waals surface area contributed by atoms with Crippen LogP contribution in [0.2, 0.25) is 0 Å². The molecule has 3 rings (SSSR count). The number of amides is 1. The molecule has 0 aromatic heterocycles. The van der Waals surface area contributed by atoms with Crippen LogP contribution in [0.25, 0.3) is 0 Å². The van der Waals surface area contributed by atoms with Crippen molar-refractivity contribution in [1.82, 2.24) is 5.32 Å². The van der Waals surface area contributed by atoms with E-state index in [1.807, 2.05) is 95.9 Å². The van der Waals surface area contributed by atoms with Crippen molar-refractivity contribution in [1.29, 1.82) is 0 Å². The minimum atomic E-state index is -0.918. The van der Waals surface area contributed by atoms with Crippen molar-refractivity contribution < 1.29 is 19.1 Å². The summed E-state index contributed by atoms with van der Waals surface area (Å²) in [5.41, 5.74) is 2.63. The van der Waals surface area contributed by atoms with E-state index in [0.717, 1.165) is 16.9 Å². The van der Waals surface area contributed by atoms with E-state index in [-0.39, 0.29) is 13.2 Å². The van der Waals surface area contributed by atoms with Gasteiger partial charge in [-0.3, -0.25) is 0 Å². The van der Waals surface area contributed by atoms with Crippen LogP contribution < -0.4 is 10.2 Å². The molecule has 0 aliphatic carbocycles. The van der Waals surface area contributed by atoms with Crippen LogP contribution in [-0.2, 0) is 20.9 Å². The highest BCUT2D eigenvalue weighted by Crippen LogP contribution is 2.25. The number of ether oxygens (including phenoxy) is 2. The lowest BCUT2D eigenvalue weighted by molar-refractivity contribution is -0.142. The lowest BCUT2D eigenvalue weighted by atomic mass is 10.2. The summed E-state index contributed by atoms with van der Waals surface area (Å²) >= 11 is 0. The lowest BCUT2D eigenvalue weighted by Gasteiger charge is -2.28. The number of esters is 1. The van der Waals surface area contributed by atoms with E-state index in [1.165, 1.54) is 7.11 Å². The predicted octanol–water partition coefficient (Wildman–Crippen LogP) is 4.29. The van der Waals surface area contributed by atoms with Gasteiger partial charge in [0.25, 0.3) is 0 Å². The van der Waals surface area contributed by atoms with Crippen molar-refractivity contribution in [2.24, 2.45) is 0 Å². The summed E-state index contributed by atoms with van der Waals surface area (Å²) in [4.78, 5) is 26.7. The standard InChI is InChI=1S/C24H24N2O4/c1-29-23(27)22(25-24(28)30-18-19-11-5-2-6-12-19)17-26(20-13-7-3-8-14-20)21-15-9-4-10-16-21/h2-16,22H,17-18H2,1H3,(H,25,28)/t22-/m0/s1. The fourth-order valence-corrected chi connectivity index (χ4v) is 2.99. The predicted molar refractivity (Wildman–Crippen MR) is 115 cm³/mol. The first-order chi connectivity index (χ1) is 14.7. The minimum absolute atomic E-state index is 0.113. The van der Waals surface area contributed by atoms with Crippen molar-refractivity contribution in [3.8, 4) is 0 Å². The van der Waals surface area contributed by atoms with Crippen LogP contribution in [0.1, 0.15) is 5.56 Å². The maximum atomic E-state index is 12.4. The van der Waals surface area contributed by atoms with Gasteiger partial charge >= 0.3 is 12.1 Å². The van der Waals surface area contributed by atoms with Crippen molar-refractivity contribution in [2.75, 3.05) is 18.6 Å². The van der Waals surface area contributed by atoms with Gasteiger partial charge in [0.05, 0.1) is 13.7 Å². The molecule has 154 valence electrons. The first-order valence-corrected chi connectivity index (χ1v) is 9.60. The van der Waals surface area contributed by atoms with Gasteiger partial charge < -0.3 is 19.7 Å². The highest BCUT2D eigenvalue weighted by molar-refractivity contribution is 5.82. The van der Waals surface area contributed by atoms with E-state index >= 15 is 0 Å². The van der Waals surface area contributed by atoms with E-state index in [1.54, 1.807) is 0 Å². The molecule has 3 aromatic carbocycles. The van der Waals surface area contributed by atoms with Gasteiger partial charge in [-0.15, -0.1) is 0 Å². The monoisotopic (exact) mass is 404 g/mol. The third kappa shape index (κ3) is 5.85. The van der Waals surface area contributed by atoms with Crippen LogP contribution in [-0.4, -0.2) is 31.8 Å². The zero-order chi connectivity index (χ0) is 21.2. The number of rotatable bonds is 8. The number of anilines is 2. The Morgan fingerprint density at radius 2 is 1.33 bits per heavy atom. The van der Waals surface area contributed by atoms with Crippen molar-refractivity contribution in [3.05, 3.63) is 96.6 Å². The van der Waals surface area contributed by atoms with Crippen molar-refractivity contribution >= 4 is 23.4 Å². The molecule has 0 saturated heterocycles. The zero-order valence-electron chi connectivity index (χ0n) is 16.7. The number of hydrogen-bond acceptors (Lipinski definition) is 5. The molecule has 0 fully saturated rings. The first-order valence-electron chi connectivity index (χ1n) is 9.60. The number of benzene rings is 3. The van der Waals surface area contributed by atoms with E-state index < -0.39 is 18.1 Å². The Bertz CT molecular complexity index is 894. The topological polar surface area (TPSA) is 67.9 Å². The quantitative estimate of drug-likeness (QED) is 0.567. The number of alkyl carbamates (subject to hydrolysis) is 1. The number of nitrogens with one attached hydrogen (secondary N) is 1. The average molecular weight is 404 g/mol. The largest absolute Gasteiger partial charge is 0.467 e. The number of nitrogens with zero attached hydrogens (tertiary/aromatic N) is 1. The summed E-state index contributed by atoms with van der Waals surface area (Å²) < 4.78 is 10.2. The molecule has 0 heterocycles. The molecule has 30 heavy (non-hydrogen) atoms. The molecule has 1 amide bonds. The second-order valence-corrected chi connectivity index (χ2v) is 6.56. The molecule has 0 bridgehead atoms. The third-order valence-corrected chi connectivity index (χ3v) is 4.49. The Labute approximate surface area is 176 Å². The molecule has 0 radical (unpaired) electrons. The smallest absolute Gasteiger partial charge is 0.408 e. The maximum absolute atomic E-state index is 12.4. The minimum Gasteiger partial charge on any atom is -0.467 e. The number of methoxy groups -OCH3 is 1. The number of carbonyl (C=O) groups excluding carboxylic acids is 2. The molecule has 0 spiro atoms. The Morgan fingerprint density at radius 3 is 1.83 bits per heavy atom. The van der Waals surface area contributed by atoms with Crippen molar-refractivity contribution in [2.45, 2.75) is 12.6 Å². The molecular formula is C24H24N2O4. The van der Waals surface area contributed by atoms with Crippen LogP contribution >= 0.6 is 0 Å². The van der Waals surface area contributed by atoms with E-state index in [2.05, 4.69) is 5.32 Å². The van der Waals surface area contributed by atoms with Crippen LogP contribution in [0, 0.1) is 0 Å². The van der Waals surface area contributed by atoms with Gasteiger partial charge in [-0.1, -0.05) is 66.7 Å². The summed E-state index contributed by atoms with van der Waals surface area (Å²) in [6.07, 6.45) is -0.685. The summed E-state index contributed by atoms with van der Waals surface area (Å²) in [6.45, 7) is 0.294. The Kier molecular flexibility index (Phi) is 7.44. The van der Waals surface area contributed by atoms with Gasteiger partial charge in [0, 0.05) is 11.4 Å². The Morgan fingerprint density at radius 1 is 0.833 bits per heavy atom. The van der Waals surface area contributed by atoms with Gasteiger partial charge in [0.15, 0.2) is 0 Å². The third-order valence-electron chi connectivity index (χ3n) is 4.49. The number of carbonyl (C=O) groups is 2. The van der Waals surface area contributed by atoms with Gasteiger partial charge in [-0.2, -0.15) is 0 Å². The molecule has 0 aliphatic heterocycles. The van der Waals surface area contributed by atoms with Crippen LogP contribution in [0.4, 0.5) is 16.2 Å². The van der Waals surface area contributed by atoms with Gasteiger partial charge in [-0.25, -0.2) is 9.59 Å². The van der Waals surface area contributed by atoms with Crippen LogP contribution in [0.15, 0.2) is 91.0 Å². The zero-order valence-corrected chi connectivity index (χ0v) is 16.7. The molecule has 0 unspecified atom stereocenters. The maximum Gasteiger partial charge on any atom is 0.408 e.